The van der Waals surface area contributed by atoms with E-state index in [-0.39, 0.29) is 68.0 Å². The van der Waals surface area contributed by atoms with E-state index >= 15 is 0 Å². The topological polar surface area (TPSA) is 202 Å². The van der Waals surface area contributed by atoms with Crippen LogP contribution in [0.4, 0.5) is 17.1 Å². The van der Waals surface area contributed by atoms with Gasteiger partial charge in [0.2, 0.25) is 5.24 Å². The fourth-order valence-electron chi connectivity index (χ4n) is 13.8. The second kappa shape index (κ2) is 55.6. The van der Waals surface area contributed by atoms with Crippen molar-refractivity contribution in [2.45, 2.75) is 228 Å². The molecule has 13 aromatic rings. The molecular formula is C113H142BBr3Cl2N8O5. The van der Waals surface area contributed by atoms with E-state index in [0.29, 0.717) is 17.8 Å². The number of hydrogen-bond acceptors (Lipinski definition) is 11. The van der Waals surface area contributed by atoms with Crippen LogP contribution in [0.15, 0.2) is 305 Å². The van der Waals surface area contributed by atoms with Crippen molar-refractivity contribution >= 4 is 118 Å². The SMILES string of the molecule is C.C.C.CC1(C)OB(c2ccccc2)OC1(C)C.CCCCC(C)(C)C(=O)Cc1ccc(-c2ccccc2)cc1C.CCCCC(C)(C)C(=O)Cl.CCCCC(C)(C)c1nnc(-c2cccc(Br)c2)n1-c1ccc(-c2ccccc2)cc1C.Cc1cc(-c2ccccc2)ccc1N.Cc1cc(-c2ccccc2)ccc1NCl.Cc1cc(Br)ccc1N.NNC(=O)c1cccc(Br)c1. The summed E-state index contributed by atoms with van der Waals surface area (Å²) in [7, 11) is -0.240. The van der Waals surface area contributed by atoms with Gasteiger partial charge in [-0.3, -0.25) is 29.2 Å². The molecule has 8 N–H and O–H groups in total. The number of Topliss-reactive ketones (excluding diaryl/α,β-unsaturated/α-hetero) is 1. The summed E-state index contributed by atoms with van der Waals surface area (Å²) in [5.74, 6) is 6.89. The Morgan fingerprint density at radius 2 is 0.826 bits per heavy atom. The van der Waals surface area contributed by atoms with Gasteiger partial charge in [0.15, 0.2) is 5.82 Å². The number of benzene rings is 12. The Labute approximate surface area is 826 Å². The van der Waals surface area contributed by atoms with Gasteiger partial charge >= 0.3 is 7.12 Å². The third kappa shape index (κ3) is 35.1. The fourth-order valence-corrected chi connectivity index (χ4v) is 15.4. The maximum Gasteiger partial charge on any atom is 0.494 e. The second-order valence-corrected chi connectivity index (χ2v) is 38.6. The van der Waals surface area contributed by atoms with Crippen LogP contribution in [-0.2, 0) is 30.7 Å². The Hall–Kier alpha value is -10.0. The van der Waals surface area contributed by atoms with Crippen molar-refractivity contribution < 1.29 is 23.7 Å². The molecule has 1 aromatic heterocycles. The lowest BCUT2D eigenvalue weighted by Crippen LogP contribution is -2.41. The molecule has 0 aliphatic carbocycles. The number of nitrogens with two attached hydrogens (primary N) is 3. The first kappa shape index (κ1) is 114. The number of rotatable bonds is 23. The van der Waals surface area contributed by atoms with E-state index in [1.165, 1.54) is 62.1 Å². The number of hydrogen-bond donors (Lipinski definition) is 5. The molecule has 0 unspecified atom stereocenters. The molecule has 702 valence electrons. The first-order chi connectivity index (χ1) is 61.3. The Morgan fingerprint density at radius 3 is 1.24 bits per heavy atom. The number of carbonyl (C=O) groups is 3. The van der Waals surface area contributed by atoms with Gasteiger partial charge in [0.25, 0.3) is 5.91 Å². The average Bonchev–Trinajstić information content (AvgIpc) is 1.61. The van der Waals surface area contributed by atoms with E-state index < -0.39 is 0 Å². The second-order valence-electron chi connectivity index (χ2n) is 35.3. The molecule has 14 rings (SSSR count). The number of carbonyl (C=O) groups excluding carboxylic acids is 3. The third-order valence-corrected chi connectivity index (χ3v) is 25.2. The highest BCUT2D eigenvalue weighted by Gasteiger charge is 2.51. The van der Waals surface area contributed by atoms with Gasteiger partial charge < -0.3 is 20.8 Å². The predicted octanol–water partition coefficient (Wildman–Crippen LogP) is 31.9. The number of ketones is 1. The molecule has 1 amide bonds. The standard InChI is InChI=1S/C28H30BrN3.C22H28O.C13H12ClN.C13H13N.C12H17BO2.C8H15ClO.C7H7BrN2O.C7H8BrN.3CH4/c1-5-6-17-28(3,4)27-31-30-26(23-13-10-14-24(29)19-23)32(27)25-16-15-22(18-20(25)2)21-11-8-7-9-12-21;1-5-6-14-22(3,4)21(23)16-19-12-13-20(15-17(19)2)18-10-8-7-9-11-18;1-10-9-12(7-8-13(10)15-14)11-5-3-2-4-6-11;1-10-9-12(7-8-13(10)14)11-5-3-2-4-6-11;1-11(2)12(3,4)15-13(14-11)10-8-6-5-7-9-10;1-4-5-6-8(2,3)7(9)10;8-6-3-1-2-5(4-6)7(11)10-9;1-5-4-6(8)2-3-7(5)9;;;/h7-16,18-19H,5-6,17H2,1-4H3;7-13,15H,5-6,14,16H2,1-4H3;2-9,15H,1H3;2-9H,14H2,1H3;5-9H,1-4H3;4-6H2,1-3H3;1-4H,9H2,(H,10,11);2-4H,9H2,1H3;3*1H4. The van der Waals surface area contributed by atoms with E-state index in [9.17, 15) is 14.4 Å². The van der Waals surface area contributed by atoms with Gasteiger partial charge in [0.1, 0.15) is 11.6 Å². The minimum Gasteiger partial charge on any atom is -0.399 e. The minimum atomic E-state index is -0.322. The molecule has 0 saturated carbocycles. The highest BCUT2D eigenvalue weighted by Crippen LogP contribution is 2.39. The number of amides is 1. The highest BCUT2D eigenvalue weighted by atomic mass is 79.9. The number of nitrogens with one attached hydrogen (secondary N) is 2. The number of hydrazine groups is 1. The molecular weight excluding hydrogens is 1870 g/mol. The van der Waals surface area contributed by atoms with Crippen LogP contribution in [-0.4, -0.2) is 50.0 Å². The maximum absolute atomic E-state index is 12.6. The zero-order valence-corrected chi connectivity index (χ0v) is 84.6. The van der Waals surface area contributed by atoms with Gasteiger partial charge in [-0.2, -0.15) is 0 Å². The fraction of sp³-hybridized carbons (Fsp3) is 0.319. The minimum absolute atomic E-state index is 0. The van der Waals surface area contributed by atoms with Crippen LogP contribution >= 0.6 is 71.2 Å². The van der Waals surface area contributed by atoms with Gasteiger partial charge in [0.05, 0.1) is 22.6 Å². The van der Waals surface area contributed by atoms with Gasteiger partial charge in [-0.1, -0.05) is 377 Å². The van der Waals surface area contributed by atoms with Gasteiger partial charge in [-0.25, -0.2) is 5.84 Å². The molecule has 0 spiro atoms. The van der Waals surface area contributed by atoms with Crippen molar-refractivity contribution in [3.8, 4) is 61.6 Å². The maximum atomic E-state index is 12.6. The summed E-state index contributed by atoms with van der Waals surface area (Å²) in [6, 6.07) is 98.1. The number of aromatic nitrogens is 3. The summed E-state index contributed by atoms with van der Waals surface area (Å²) in [4.78, 5) is 36.9. The lowest BCUT2D eigenvalue weighted by molar-refractivity contribution is -0.126. The first-order valence-electron chi connectivity index (χ1n) is 44.2. The summed E-state index contributed by atoms with van der Waals surface area (Å²) >= 11 is 21.1. The van der Waals surface area contributed by atoms with Gasteiger partial charge in [0, 0.05) is 70.4 Å². The molecule has 1 aliphatic rings. The molecule has 12 aromatic carbocycles. The summed E-state index contributed by atoms with van der Waals surface area (Å²) in [6.45, 7) is 37.6. The number of halogens is 5. The number of aryl methyl sites for hydroxylation is 5. The molecule has 132 heavy (non-hydrogen) atoms. The van der Waals surface area contributed by atoms with Crippen molar-refractivity contribution in [1.82, 2.24) is 20.2 Å². The molecule has 19 heteroatoms. The quantitative estimate of drug-likeness (QED) is 0.00776. The number of nitrogen functional groups attached to an aromatic ring is 3. The lowest BCUT2D eigenvalue weighted by Gasteiger charge is -2.32. The zero-order chi connectivity index (χ0) is 94.7. The normalized spacial score (nSPS) is 12.0. The molecule has 0 bridgehead atoms. The van der Waals surface area contributed by atoms with Crippen LogP contribution in [0.3, 0.4) is 0 Å². The van der Waals surface area contributed by atoms with E-state index in [0.717, 1.165) is 132 Å². The predicted molar refractivity (Wildman–Crippen MR) is 579 cm³/mol. The number of unbranched alkanes of at least 4 members (excludes halogenated alkanes) is 3. The van der Waals surface area contributed by atoms with E-state index in [1.807, 2.05) is 161 Å². The van der Waals surface area contributed by atoms with Crippen LogP contribution in [0.25, 0.3) is 61.6 Å². The van der Waals surface area contributed by atoms with Crippen LogP contribution < -0.4 is 33.0 Å². The van der Waals surface area contributed by atoms with E-state index in [1.54, 1.807) is 18.2 Å². The largest absolute Gasteiger partial charge is 0.494 e. The summed E-state index contributed by atoms with van der Waals surface area (Å²) in [6.07, 6.45) is 10.3. The van der Waals surface area contributed by atoms with Gasteiger partial charge in [-0.15, -0.1) is 10.2 Å². The van der Waals surface area contributed by atoms with Gasteiger partial charge in [-0.05, 0) is 261 Å². The van der Waals surface area contributed by atoms with E-state index in [4.69, 9.17) is 60.2 Å². The first-order valence-corrected chi connectivity index (χ1v) is 47.3. The zero-order valence-electron chi connectivity index (χ0n) is 78.4. The van der Waals surface area contributed by atoms with Crippen molar-refractivity contribution in [2.75, 3.05) is 16.3 Å². The van der Waals surface area contributed by atoms with Crippen molar-refractivity contribution in [3.63, 3.8) is 0 Å². The summed E-state index contributed by atoms with van der Waals surface area (Å²) in [5, 5.41) is 9.21. The van der Waals surface area contributed by atoms with Crippen LogP contribution in [0.1, 0.15) is 220 Å². The summed E-state index contributed by atoms with van der Waals surface area (Å²) < 4.78 is 17.1. The van der Waals surface area contributed by atoms with Crippen LogP contribution in [0.2, 0.25) is 0 Å². The number of anilines is 3. The molecule has 2 heterocycles. The average molecular weight is 2010 g/mol. The van der Waals surface area contributed by atoms with Crippen molar-refractivity contribution in [1.29, 1.82) is 0 Å². The molecule has 13 nitrogen and oxygen atoms in total. The van der Waals surface area contributed by atoms with E-state index in [2.05, 4.69) is 299 Å². The van der Waals surface area contributed by atoms with Crippen LogP contribution in [0, 0.1) is 45.4 Å². The summed E-state index contributed by atoms with van der Waals surface area (Å²) in [5.41, 5.74) is 35.4. The molecule has 0 atom stereocenters. The molecule has 1 aliphatic heterocycles. The smallest absolute Gasteiger partial charge is 0.399 e. The highest BCUT2D eigenvalue weighted by molar-refractivity contribution is 9.11. The Balaban J connectivity index is 0.000000326. The lowest BCUT2D eigenvalue weighted by atomic mass is 9.79. The van der Waals surface area contributed by atoms with Crippen molar-refractivity contribution in [3.05, 3.63) is 349 Å². The molecule has 1 saturated heterocycles. The monoisotopic (exact) mass is 2010 g/mol. The molecule has 1 fully saturated rings. The van der Waals surface area contributed by atoms with Crippen molar-refractivity contribution in [2.24, 2.45) is 16.7 Å². The molecule has 0 radical (unpaired) electrons. The Kier molecular flexibility index (Phi) is 48.1. The van der Waals surface area contributed by atoms with Crippen LogP contribution in [0.5, 0.6) is 0 Å². The Bertz CT molecular complexity index is 5670. The number of nitrogens with zero attached hydrogens (tertiary/aromatic N) is 3. The Morgan fingerprint density at radius 1 is 0.432 bits per heavy atom. The third-order valence-electron chi connectivity index (χ3n) is 23.0.